The highest BCUT2D eigenvalue weighted by Crippen LogP contribution is 2.03. The average molecular weight is 184 g/mol. The van der Waals surface area contributed by atoms with Crippen molar-refractivity contribution in [1.82, 2.24) is 10.6 Å². The first-order valence-corrected chi connectivity index (χ1v) is 4.41. The highest BCUT2D eigenvalue weighted by molar-refractivity contribution is 5.77. The van der Waals surface area contributed by atoms with E-state index in [1.165, 1.54) is 0 Å². The second-order valence-electron chi connectivity index (χ2n) is 3.10. The van der Waals surface area contributed by atoms with Crippen molar-refractivity contribution >= 4 is 5.91 Å². The average Bonchev–Trinajstić information content (AvgIpc) is 2.52. The summed E-state index contributed by atoms with van der Waals surface area (Å²) < 4.78 is 5.20. The topological polar surface area (TPSA) is 50.4 Å². The highest BCUT2D eigenvalue weighted by Gasteiger charge is 2.27. The molecule has 4 heteroatoms. The van der Waals surface area contributed by atoms with Crippen LogP contribution in [0.1, 0.15) is 6.42 Å². The molecule has 0 aromatic heterocycles. The van der Waals surface area contributed by atoms with Gasteiger partial charge in [0.1, 0.15) is 0 Å². The first-order chi connectivity index (χ1) is 6.27. The van der Waals surface area contributed by atoms with Crippen molar-refractivity contribution in [2.24, 2.45) is 0 Å². The lowest BCUT2D eigenvalue weighted by atomic mass is 10.2. The molecule has 1 saturated heterocycles. The Morgan fingerprint density at radius 3 is 3.15 bits per heavy atom. The van der Waals surface area contributed by atoms with Gasteiger partial charge >= 0.3 is 0 Å². The summed E-state index contributed by atoms with van der Waals surface area (Å²) >= 11 is 0. The second-order valence-corrected chi connectivity index (χ2v) is 3.10. The summed E-state index contributed by atoms with van der Waals surface area (Å²) in [7, 11) is 1.66. The number of methoxy groups -OCH3 is 1. The fourth-order valence-electron chi connectivity index (χ4n) is 1.44. The van der Waals surface area contributed by atoms with Gasteiger partial charge in [-0.2, -0.15) is 0 Å². The molecule has 2 N–H and O–H groups in total. The Bertz CT molecular complexity index is 194. The molecule has 0 aromatic rings. The van der Waals surface area contributed by atoms with Gasteiger partial charge in [0.2, 0.25) is 5.91 Å². The lowest BCUT2D eigenvalue weighted by Crippen LogP contribution is -2.43. The number of amides is 1. The number of ether oxygens (including phenoxy) is 1. The van der Waals surface area contributed by atoms with Gasteiger partial charge in [-0.25, -0.2) is 0 Å². The normalized spacial score (nSPS) is 27.2. The van der Waals surface area contributed by atoms with Gasteiger partial charge in [-0.15, -0.1) is 6.58 Å². The Morgan fingerprint density at radius 1 is 1.77 bits per heavy atom. The molecule has 1 rings (SSSR count). The minimum Gasteiger partial charge on any atom is -0.378 e. The van der Waals surface area contributed by atoms with Crippen LogP contribution in [-0.2, 0) is 9.53 Å². The molecule has 1 amide bonds. The predicted molar refractivity (Wildman–Crippen MR) is 50.4 cm³/mol. The molecule has 0 spiro atoms. The van der Waals surface area contributed by atoms with Gasteiger partial charge in [-0.1, -0.05) is 6.08 Å². The maximum Gasteiger partial charge on any atom is 0.224 e. The molecule has 0 aliphatic carbocycles. The Balaban J connectivity index is 2.34. The minimum absolute atomic E-state index is 0.00532. The lowest BCUT2D eigenvalue weighted by Gasteiger charge is -2.17. The van der Waals surface area contributed by atoms with E-state index < -0.39 is 0 Å². The molecule has 1 heterocycles. The zero-order valence-corrected chi connectivity index (χ0v) is 7.88. The first-order valence-electron chi connectivity index (χ1n) is 4.41. The van der Waals surface area contributed by atoms with Gasteiger partial charge in [0.05, 0.1) is 12.1 Å². The van der Waals surface area contributed by atoms with E-state index in [1.807, 2.05) is 0 Å². The van der Waals surface area contributed by atoms with E-state index >= 15 is 0 Å². The molecule has 74 valence electrons. The fourth-order valence-corrected chi connectivity index (χ4v) is 1.44. The zero-order valence-electron chi connectivity index (χ0n) is 7.88. The largest absolute Gasteiger partial charge is 0.378 e. The van der Waals surface area contributed by atoms with Gasteiger partial charge < -0.3 is 15.4 Å². The molecule has 0 radical (unpaired) electrons. The van der Waals surface area contributed by atoms with Crippen LogP contribution in [0.5, 0.6) is 0 Å². The lowest BCUT2D eigenvalue weighted by molar-refractivity contribution is -0.121. The maximum atomic E-state index is 11.2. The van der Waals surface area contributed by atoms with E-state index in [4.69, 9.17) is 4.74 Å². The summed E-state index contributed by atoms with van der Waals surface area (Å²) in [6.45, 7) is 5.09. The van der Waals surface area contributed by atoms with Crippen LogP contribution in [0.25, 0.3) is 0 Å². The quantitative estimate of drug-likeness (QED) is 0.588. The van der Waals surface area contributed by atoms with Crippen LogP contribution in [0.2, 0.25) is 0 Å². The molecule has 0 aromatic carbocycles. The third kappa shape index (κ3) is 2.82. The molecule has 2 atom stereocenters. The second kappa shape index (κ2) is 4.99. The minimum atomic E-state index is 0.00532. The third-order valence-corrected chi connectivity index (χ3v) is 2.14. The summed E-state index contributed by atoms with van der Waals surface area (Å²) in [5.74, 6) is 0.00532. The van der Waals surface area contributed by atoms with E-state index in [1.54, 1.807) is 13.2 Å². The Kier molecular flexibility index (Phi) is 3.92. The highest BCUT2D eigenvalue weighted by atomic mass is 16.5. The number of nitrogens with one attached hydrogen (secondary N) is 2. The van der Waals surface area contributed by atoms with Crippen LogP contribution in [-0.4, -0.2) is 38.3 Å². The molecular weight excluding hydrogens is 168 g/mol. The third-order valence-electron chi connectivity index (χ3n) is 2.14. The van der Waals surface area contributed by atoms with Crippen molar-refractivity contribution < 1.29 is 9.53 Å². The first kappa shape index (κ1) is 10.2. The molecule has 13 heavy (non-hydrogen) atoms. The summed E-state index contributed by atoms with van der Waals surface area (Å²) in [4.78, 5) is 11.2. The summed E-state index contributed by atoms with van der Waals surface area (Å²) in [5, 5.41) is 6.04. The van der Waals surface area contributed by atoms with Gasteiger partial charge in [0.25, 0.3) is 0 Å². The monoisotopic (exact) mass is 184 g/mol. The van der Waals surface area contributed by atoms with E-state index in [0.717, 1.165) is 13.1 Å². The van der Waals surface area contributed by atoms with E-state index in [0.29, 0.717) is 6.42 Å². The summed E-state index contributed by atoms with van der Waals surface area (Å²) in [6, 6.07) is 0.0949. The van der Waals surface area contributed by atoms with Crippen molar-refractivity contribution in [3.05, 3.63) is 12.7 Å². The van der Waals surface area contributed by atoms with Crippen molar-refractivity contribution in [2.45, 2.75) is 18.6 Å². The predicted octanol–water partition coefficient (Wildman–Crippen LogP) is -0.334. The number of rotatable bonds is 4. The SMILES string of the molecule is C=CCC(=O)NC1CNCC1OC. The van der Waals surface area contributed by atoms with Crippen molar-refractivity contribution in [2.75, 3.05) is 20.2 Å². The van der Waals surface area contributed by atoms with Crippen LogP contribution < -0.4 is 10.6 Å². The van der Waals surface area contributed by atoms with E-state index in [9.17, 15) is 4.79 Å². The number of hydrogen-bond donors (Lipinski definition) is 2. The molecule has 1 aliphatic heterocycles. The van der Waals surface area contributed by atoms with Crippen LogP contribution in [0.3, 0.4) is 0 Å². The Hall–Kier alpha value is -0.870. The molecule has 1 aliphatic rings. The Morgan fingerprint density at radius 2 is 2.54 bits per heavy atom. The summed E-state index contributed by atoms with van der Waals surface area (Å²) in [5.41, 5.74) is 0. The van der Waals surface area contributed by atoms with Gasteiger partial charge in [0, 0.05) is 26.6 Å². The fraction of sp³-hybridized carbons (Fsp3) is 0.667. The van der Waals surface area contributed by atoms with Gasteiger partial charge in [0.15, 0.2) is 0 Å². The van der Waals surface area contributed by atoms with E-state index in [2.05, 4.69) is 17.2 Å². The zero-order chi connectivity index (χ0) is 9.68. The van der Waals surface area contributed by atoms with Gasteiger partial charge in [-0.3, -0.25) is 4.79 Å². The molecule has 2 unspecified atom stereocenters. The van der Waals surface area contributed by atoms with Crippen LogP contribution in [0.4, 0.5) is 0 Å². The number of hydrogen-bond acceptors (Lipinski definition) is 3. The van der Waals surface area contributed by atoms with E-state index in [-0.39, 0.29) is 18.1 Å². The molecule has 4 nitrogen and oxygen atoms in total. The van der Waals surface area contributed by atoms with Crippen molar-refractivity contribution in [1.29, 1.82) is 0 Å². The molecular formula is C9H16N2O2. The van der Waals surface area contributed by atoms with Crippen molar-refractivity contribution in [3.63, 3.8) is 0 Å². The maximum absolute atomic E-state index is 11.2. The Labute approximate surface area is 78.3 Å². The van der Waals surface area contributed by atoms with Crippen LogP contribution >= 0.6 is 0 Å². The van der Waals surface area contributed by atoms with Gasteiger partial charge in [-0.05, 0) is 0 Å². The molecule has 0 saturated carbocycles. The van der Waals surface area contributed by atoms with Crippen molar-refractivity contribution in [3.8, 4) is 0 Å². The number of carbonyl (C=O) groups excluding carboxylic acids is 1. The summed E-state index contributed by atoms with van der Waals surface area (Å²) in [6.07, 6.45) is 2.06. The molecule has 0 bridgehead atoms. The standard InChI is InChI=1S/C9H16N2O2/c1-3-4-9(12)11-7-5-10-6-8(7)13-2/h3,7-8,10H,1,4-6H2,2H3,(H,11,12). The van der Waals surface area contributed by atoms with Crippen LogP contribution in [0, 0.1) is 0 Å². The van der Waals surface area contributed by atoms with Crippen LogP contribution in [0.15, 0.2) is 12.7 Å². The smallest absolute Gasteiger partial charge is 0.224 e. The molecule has 1 fully saturated rings. The number of carbonyl (C=O) groups is 1.